The lowest BCUT2D eigenvalue weighted by molar-refractivity contribution is -0.0592. The first kappa shape index (κ1) is 9.49. The second kappa shape index (κ2) is 5.12. The summed E-state index contributed by atoms with van der Waals surface area (Å²) >= 11 is 0. The number of ether oxygens (including phenoxy) is 2. The van der Waals surface area contributed by atoms with E-state index < -0.39 is 0 Å². The Balaban J connectivity index is 2.38. The fourth-order valence-corrected chi connectivity index (χ4v) is 1.37. The van der Waals surface area contributed by atoms with Crippen LogP contribution in [-0.4, -0.2) is 20.0 Å². The highest BCUT2D eigenvalue weighted by molar-refractivity contribution is 5.19. The van der Waals surface area contributed by atoms with E-state index >= 15 is 0 Å². The predicted octanol–water partition coefficient (Wildman–Crippen LogP) is 2.27. The molecule has 0 aromatic rings. The van der Waals surface area contributed by atoms with Crippen LogP contribution in [-0.2, 0) is 9.47 Å². The molecule has 68 valence electrons. The Morgan fingerprint density at radius 2 is 2.58 bits per heavy atom. The van der Waals surface area contributed by atoms with Gasteiger partial charge >= 0.3 is 0 Å². The fourth-order valence-electron chi connectivity index (χ4n) is 1.37. The molecule has 1 atom stereocenters. The van der Waals surface area contributed by atoms with Gasteiger partial charge in [-0.05, 0) is 19.3 Å². The second-order valence-electron chi connectivity index (χ2n) is 2.95. The number of allylic oxidation sites excluding steroid dienone is 2. The van der Waals surface area contributed by atoms with Crippen molar-refractivity contribution in [1.82, 2.24) is 0 Å². The van der Waals surface area contributed by atoms with Crippen molar-refractivity contribution in [2.24, 2.45) is 0 Å². The maximum atomic E-state index is 5.42. The molecular weight excluding hydrogens is 152 g/mol. The zero-order chi connectivity index (χ0) is 8.81. The van der Waals surface area contributed by atoms with E-state index in [0.717, 1.165) is 12.8 Å². The van der Waals surface area contributed by atoms with Crippen molar-refractivity contribution in [3.05, 3.63) is 24.3 Å². The van der Waals surface area contributed by atoms with E-state index in [0.29, 0.717) is 6.79 Å². The van der Waals surface area contributed by atoms with Crippen LogP contribution in [0.15, 0.2) is 24.3 Å². The summed E-state index contributed by atoms with van der Waals surface area (Å²) < 4.78 is 10.3. The van der Waals surface area contributed by atoms with Crippen LogP contribution in [0.5, 0.6) is 0 Å². The van der Waals surface area contributed by atoms with Gasteiger partial charge in [0.25, 0.3) is 0 Å². The number of methoxy groups -OCH3 is 1. The largest absolute Gasteiger partial charge is 0.359 e. The summed E-state index contributed by atoms with van der Waals surface area (Å²) in [5, 5.41) is 0. The summed E-state index contributed by atoms with van der Waals surface area (Å²) in [6.07, 6.45) is 7.69. The highest BCUT2D eigenvalue weighted by atomic mass is 16.7. The van der Waals surface area contributed by atoms with Gasteiger partial charge in [-0.15, -0.1) is 0 Å². The quantitative estimate of drug-likeness (QED) is 0.599. The topological polar surface area (TPSA) is 18.5 Å². The molecule has 1 rings (SSSR count). The average Bonchev–Trinajstić information content (AvgIpc) is 2.15. The average molecular weight is 168 g/mol. The Kier molecular flexibility index (Phi) is 4.05. The van der Waals surface area contributed by atoms with Gasteiger partial charge in [0.2, 0.25) is 0 Å². The van der Waals surface area contributed by atoms with Crippen LogP contribution in [0.2, 0.25) is 0 Å². The van der Waals surface area contributed by atoms with Crippen molar-refractivity contribution in [2.45, 2.75) is 25.4 Å². The molecule has 0 aromatic heterocycles. The maximum absolute atomic E-state index is 5.42. The van der Waals surface area contributed by atoms with E-state index in [9.17, 15) is 0 Å². The molecule has 0 saturated heterocycles. The summed E-state index contributed by atoms with van der Waals surface area (Å²) in [4.78, 5) is 0. The molecule has 0 amide bonds. The lowest BCUT2D eigenvalue weighted by Gasteiger charge is -2.19. The predicted molar refractivity (Wildman–Crippen MR) is 48.9 cm³/mol. The van der Waals surface area contributed by atoms with Gasteiger partial charge in [-0.2, -0.15) is 0 Å². The standard InChI is InChI=1S/C10H16O2/c1-3-9-5-4-6-10(7-9)12-8-11-2/h3,7,10H,1,4-6,8H2,2H3. The van der Waals surface area contributed by atoms with Crippen molar-refractivity contribution in [1.29, 1.82) is 0 Å². The summed E-state index contributed by atoms with van der Waals surface area (Å²) in [6, 6.07) is 0. The molecule has 0 heterocycles. The van der Waals surface area contributed by atoms with Gasteiger partial charge in [0.15, 0.2) is 0 Å². The molecule has 1 unspecified atom stereocenters. The summed E-state index contributed by atoms with van der Waals surface area (Å²) in [5.41, 5.74) is 1.29. The lowest BCUT2D eigenvalue weighted by Crippen LogP contribution is -2.15. The number of rotatable bonds is 4. The van der Waals surface area contributed by atoms with Gasteiger partial charge in [-0.1, -0.05) is 24.3 Å². The molecule has 2 nitrogen and oxygen atoms in total. The first-order valence-electron chi connectivity index (χ1n) is 4.30. The van der Waals surface area contributed by atoms with Crippen molar-refractivity contribution in [2.75, 3.05) is 13.9 Å². The molecule has 12 heavy (non-hydrogen) atoms. The first-order chi connectivity index (χ1) is 5.86. The summed E-state index contributed by atoms with van der Waals surface area (Å²) in [6.45, 7) is 4.12. The zero-order valence-corrected chi connectivity index (χ0v) is 7.58. The van der Waals surface area contributed by atoms with E-state index in [1.54, 1.807) is 7.11 Å². The molecule has 0 spiro atoms. The zero-order valence-electron chi connectivity index (χ0n) is 7.58. The van der Waals surface area contributed by atoms with E-state index in [2.05, 4.69) is 12.7 Å². The molecule has 0 aliphatic heterocycles. The molecule has 1 aliphatic carbocycles. The van der Waals surface area contributed by atoms with Crippen LogP contribution in [0, 0.1) is 0 Å². The van der Waals surface area contributed by atoms with Crippen LogP contribution >= 0.6 is 0 Å². The third-order valence-corrected chi connectivity index (χ3v) is 2.02. The van der Waals surface area contributed by atoms with Crippen LogP contribution in [0.4, 0.5) is 0 Å². The van der Waals surface area contributed by atoms with Crippen LogP contribution in [0.25, 0.3) is 0 Å². The third-order valence-electron chi connectivity index (χ3n) is 2.02. The molecule has 0 N–H and O–H groups in total. The molecule has 0 saturated carbocycles. The Morgan fingerprint density at radius 3 is 3.25 bits per heavy atom. The maximum Gasteiger partial charge on any atom is 0.147 e. The van der Waals surface area contributed by atoms with Crippen molar-refractivity contribution in [3.63, 3.8) is 0 Å². The highest BCUT2D eigenvalue weighted by Gasteiger charge is 2.11. The highest BCUT2D eigenvalue weighted by Crippen LogP contribution is 2.20. The molecular formula is C10H16O2. The van der Waals surface area contributed by atoms with Gasteiger partial charge in [-0.25, -0.2) is 0 Å². The van der Waals surface area contributed by atoms with Gasteiger partial charge in [-0.3, -0.25) is 0 Å². The van der Waals surface area contributed by atoms with Crippen molar-refractivity contribution < 1.29 is 9.47 Å². The second-order valence-corrected chi connectivity index (χ2v) is 2.95. The fraction of sp³-hybridized carbons (Fsp3) is 0.600. The Morgan fingerprint density at radius 1 is 1.75 bits per heavy atom. The molecule has 1 aliphatic rings. The minimum absolute atomic E-state index is 0.228. The molecule has 0 fully saturated rings. The molecule has 0 radical (unpaired) electrons. The Hall–Kier alpha value is -0.600. The SMILES string of the molecule is C=CC1=CC(OCOC)CCC1. The molecule has 2 heteroatoms. The van der Waals surface area contributed by atoms with E-state index in [4.69, 9.17) is 9.47 Å². The number of hydrogen-bond acceptors (Lipinski definition) is 2. The molecule has 0 aromatic carbocycles. The van der Waals surface area contributed by atoms with Gasteiger partial charge in [0, 0.05) is 7.11 Å². The van der Waals surface area contributed by atoms with Crippen LogP contribution in [0.1, 0.15) is 19.3 Å². The minimum atomic E-state index is 0.228. The van der Waals surface area contributed by atoms with E-state index in [-0.39, 0.29) is 6.10 Å². The third kappa shape index (κ3) is 2.80. The number of hydrogen-bond donors (Lipinski definition) is 0. The van der Waals surface area contributed by atoms with E-state index in [1.807, 2.05) is 6.08 Å². The minimum Gasteiger partial charge on any atom is -0.359 e. The van der Waals surface area contributed by atoms with Crippen molar-refractivity contribution >= 4 is 0 Å². The lowest BCUT2D eigenvalue weighted by atomic mass is 9.98. The monoisotopic (exact) mass is 168 g/mol. The molecule has 0 bridgehead atoms. The normalized spacial score (nSPS) is 23.4. The van der Waals surface area contributed by atoms with Gasteiger partial charge in [0.1, 0.15) is 6.79 Å². The van der Waals surface area contributed by atoms with Gasteiger partial charge < -0.3 is 9.47 Å². The summed E-state index contributed by atoms with van der Waals surface area (Å²) in [7, 11) is 1.64. The van der Waals surface area contributed by atoms with E-state index in [1.165, 1.54) is 12.0 Å². The van der Waals surface area contributed by atoms with Gasteiger partial charge in [0.05, 0.1) is 6.10 Å². The smallest absolute Gasteiger partial charge is 0.147 e. The first-order valence-corrected chi connectivity index (χ1v) is 4.30. The Labute approximate surface area is 73.9 Å². The van der Waals surface area contributed by atoms with Crippen LogP contribution in [0.3, 0.4) is 0 Å². The summed E-state index contributed by atoms with van der Waals surface area (Å²) in [5.74, 6) is 0. The Bertz CT molecular complexity index is 173. The van der Waals surface area contributed by atoms with Crippen LogP contribution < -0.4 is 0 Å². The van der Waals surface area contributed by atoms with Crippen molar-refractivity contribution in [3.8, 4) is 0 Å².